The number of nitrogens with one attached hydrogen (secondary N) is 1. The molecule has 1 rings (SSSR count). The maximum absolute atomic E-state index is 11.2. The van der Waals surface area contributed by atoms with Crippen molar-refractivity contribution in [3.63, 3.8) is 0 Å². The second-order valence-electron chi connectivity index (χ2n) is 4.71. The van der Waals surface area contributed by atoms with Crippen LogP contribution in [0.1, 0.15) is 58.3 Å². The molecule has 0 radical (unpaired) electrons. The first-order chi connectivity index (χ1) is 8.24. The molecule has 96 valence electrons. The van der Waals surface area contributed by atoms with E-state index >= 15 is 0 Å². The van der Waals surface area contributed by atoms with Gasteiger partial charge in [-0.15, -0.1) is 0 Å². The summed E-state index contributed by atoms with van der Waals surface area (Å²) in [5, 5.41) is 2.31. The maximum Gasteiger partial charge on any atom is 0.233 e. The molecule has 0 aromatic rings. The standard InChI is InChI=1S/C14H23NO2/c1-2-3-4-5-6-7-8-9-10-12-11-13(16)15-14(12)17/h9-10,12H,2-8,11H2,1H3,(H,15,16,17). The topological polar surface area (TPSA) is 46.2 Å². The Labute approximate surface area is 104 Å². The van der Waals surface area contributed by atoms with Gasteiger partial charge in [0, 0.05) is 6.42 Å². The van der Waals surface area contributed by atoms with Crippen LogP contribution in [-0.2, 0) is 9.59 Å². The van der Waals surface area contributed by atoms with E-state index in [2.05, 4.69) is 12.2 Å². The highest BCUT2D eigenvalue weighted by Gasteiger charge is 2.27. The summed E-state index contributed by atoms with van der Waals surface area (Å²) in [4.78, 5) is 22.2. The Morgan fingerprint density at radius 2 is 1.88 bits per heavy atom. The van der Waals surface area contributed by atoms with Gasteiger partial charge in [0.05, 0.1) is 5.92 Å². The number of carbonyl (C=O) groups excluding carboxylic acids is 2. The molecule has 3 heteroatoms. The minimum Gasteiger partial charge on any atom is -0.296 e. The molecule has 1 heterocycles. The number of rotatable bonds is 8. The van der Waals surface area contributed by atoms with E-state index in [1.165, 1.54) is 38.5 Å². The molecule has 1 unspecified atom stereocenters. The van der Waals surface area contributed by atoms with Crippen LogP contribution in [0.15, 0.2) is 12.2 Å². The van der Waals surface area contributed by atoms with E-state index in [1.54, 1.807) is 0 Å². The molecule has 0 aliphatic carbocycles. The van der Waals surface area contributed by atoms with Crippen LogP contribution in [0, 0.1) is 5.92 Å². The zero-order valence-electron chi connectivity index (χ0n) is 10.7. The lowest BCUT2D eigenvalue weighted by Gasteiger charge is -1.99. The Hall–Kier alpha value is -1.12. The van der Waals surface area contributed by atoms with Crippen molar-refractivity contribution in [2.24, 2.45) is 5.92 Å². The van der Waals surface area contributed by atoms with Gasteiger partial charge in [0.15, 0.2) is 0 Å². The molecule has 0 aromatic carbocycles. The molecule has 1 saturated heterocycles. The first-order valence-electron chi connectivity index (χ1n) is 6.74. The Morgan fingerprint density at radius 1 is 1.18 bits per heavy atom. The van der Waals surface area contributed by atoms with Gasteiger partial charge >= 0.3 is 0 Å². The molecule has 2 amide bonds. The van der Waals surface area contributed by atoms with Crippen LogP contribution in [0.3, 0.4) is 0 Å². The summed E-state index contributed by atoms with van der Waals surface area (Å²) in [6.07, 6.45) is 13.0. The van der Waals surface area contributed by atoms with E-state index in [9.17, 15) is 9.59 Å². The van der Waals surface area contributed by atoms with Gasteiger partial charge in [-0.25, -0.2) is 0 Å². The van der Waals surface area contributed by atoms with Crippen LogP contribution in [0.2, 0.25) is 0 Å². The molecule has 1 N–H and O–H groups in total. The van der Waals surface area contributed by atoms with Crippen LogP contribution in [0.5, 0.6) is 0 Å². The maximum atomic E-state index is 11.2. The third kappa shape index (κ3) is 5.66. The molecule has 0 aromatic heterocycles. The number of carbonyl (C=O) groups is 2. The SMILES string of the molecule is CCCCCCCCC=CC1CC(=O)NC1=O. The molecule has 1 fully saturated rings. The zero-order valence-corrected chi connectivity index (χ0v) is 10.7. The fraction of sp³-hybridized carbons (Fsp3) is 0.714. The van der Waals surface area contributed by atoms with E-state index in [0.717, 1.165) is 6.42 Å². The van der Waals surface area contributed by atoms with E-state index in [1.807, 2.05) is 12.2 Å². The summed E-state index contributed by atoms with van der Waals surface area (Å²) in [5.41, 5.74) is 0. The Morgan fingerprint density at radius 3 is 2.53 bits per heavy atom. The molecule has 3 nitrogen and oxygen atoms in total. The molecule has 1 atom stereocenters. The van der Waals surface area contributed by atoms with Crippen molar-refractivity contribution in [2.45, 2.75) is 58.3 Å². The summed E-state index contributed by atoms with van der Waals surface area (Å²) in [6.45, 7) is 2.22. The van der Waals surface area contributed by atoms with E-state index in [-0.39, 0.29) is 17.7 Å². The predicted molar refractivity (Wildman–Crippen MR) is 68.4 cm³/mol. The van der Waals surface area contributed by atoms with Gasteiger partial charge in [-0.2, -0.15) is 0 Å². The zero-order chi connectivity index (χ0) is 12.5. The highest BCUT2D eigenvalue weighted by molar-refractivity contribution is 6.04. The van der Waals surface area contributed by atoms with Crippen LogP contribution in [-0.4, -0.2) is 11.8 Å². The highest BCUT2D eigenvalue weighted by atomic mass is 16.2. The van der Waals surface area contributed by atoms with Crippen LogP contribution in [0.4, 0.5) is 0 Å². The minimum absolute atomic E-state index is 0.144. The summed E-state index contributed by atoms with van der Waals surface area (Å²) in [6, 6.07) is 0. The molecular weight excluding hydrogens is 214 g/mol. The molecule has 1 aliphatic heterocycles. The van der Waals surface area contributed by atoms with Crippen molar-refractivity contribution in [1.82, 2.24) is 5.32 Å². The molecule has 1 aliphatic rings. The smallest absolute Gasteiger partial charge is 0.233 e. The second-order valence-corrected chi connectivity index (χ2v) is 4.71. The predicted octanol–water partition coefficient (Wildman–Crippen LogP) is 2.96. The van der Waals surface area contributed by atoms with E-state index in [0.29, 0.717) is 6.42 Å². The Kier molecular flexibility index (Phi) is 6.60. The summed E-state index contributed by atoms with van der Waals surface area (Å²) in [5.74, 6) is -0.513. The summed E-state index contributed by atoms with van der Waals surface area (Å²) in [7, 11) is 0. The molecule has 0 saturated carbocycles. The van der Waals surface area contributed by atoms with Gasteiger partial charge in [-0.1, -0.05) is 51.2 Å². The van der Waals surface area contributed by atoms with E-state index < -0.39 is 0 Å². The highest BCUT2D eigenvalue weighted by Crippen LogP contribution is 2.13. The van der Waals surface area contributed by atoms with Crippen molar-refractivity contribution in [1.29, 1.82) is 0 Å². The lowest BCUT2D eigenvalue weighted by atomic mass is 10.1. The van der Waals surface area contributed by atoms with E-state index in [4.69, 9.17) is 0 Å². The number of hydrogen-bond donors (Lipinski definition) is 1. The molecule has 17 heavy (non-hydrogen) atoms. The Bertz CT molecular complexity index is 284. The Balaban J connectivity index is 2.02. The van der Waals surface area contributed by atoms with Gasteiger partial charge in [-0.3, -0.25) is 14.9 Å². The fourth-order valence-corrected chi connectivity index (χ4v) is 2.03. The quantitative estimate of drug-likeness (QED) is 0.401. The number of imide groups is 1. The average molecular weight is 237 g/mol. The van der Waals surface area contributed by atoms with Crippen molar-refractivity contribution >= 4 is 11.8 Å². The van der Waals surface area contributed by atoms with Gasteiger partial charge in [0.2, 0.25) is 11.8 Å². The summed E-state index contributed by atoms with van der Waals surface area (Å²) >= 11 is 0. The van der Waals surface area contributed by atoms with Gasteiger partial charge < -0.3 is 0 Å². The number of amides is 2. The minimum atomic E-state index is -0.220. The van der Waals surface area contributed by atoms with Crippen molar-refractivity contribution in [3.8, 4) is 0 Å². The van der Waals surface area contributed by atoms with Crippen molar-refractivity contribution < 1.29 is 9.59 Å². The first-order valence-corrected chi connectivity index (χ1v) is 6.74. The van der Waals surface area contributed by atoms with Crippen LogP contribution >= 0.6 is 0 Å². The third-order valence-corrected chi connectivity index (χ3v) is 3.10. The summed E-state index contributed by atoms with van der Waals surface area (Å²) < 4.78 is 0. The molecule has 0 bridgehead atoms. The van der Waals surface area contributed by atoms with Gasteiger partial charge in [-0.05, 0) is 12.8 Å². The molecule has 0 spiro atoms. The monoisotopic (exact) mass is 237 g/mol. The molecular formula is C14H23NO2. The van der Waals surface area contributed by atoms with Crippen molar-refractivity contribution in [3.05, 3.63) is 12.2 Å². The second kappa shape index (κ2) is 8.04. The van der Waals surface area contributed by atoms with Gasteiger partial charge in [0.25, 0.3) is 0 Å². The number of hydrogen-bond acceptors (Lipinski definition) is 2. The van der Waals surface area contributed by atoms with Crippen molar-refractivity contribution in [2.75, 3.05) is 0 Å². The number of allylic oxidation sites excluding steroid dienone is 1. The lowest BCUT2D eigenvalue weighted by molar-refractivity contribution is -0.125. The fourth-order valence-electron chi connectivity index (χ4n) is 2.03. The lowest BCUT2D eigenvalue weighted by Crippen LogP contribution is -2.21. The largest absolute Gasteiger partial charge is 0.296 e. The van der Waals surface area contributed by atoms with Crippen LogP contribution < -0.4 is 5.32 Å². The van der Waals surface area contributed by atoms with Gasteiger partial charge in [0.1, 0.15) is 0 Å². The number of unbranched alkanes of at least 4 members (excludes halogenated alkanes) is 6. The normalized spacial score (nSPS) is 20.2. The average Bonchev–Trinajstić information content (AvgIpc) is 2.61. The first kappa shape index (κ1) is 13.9. The van der Waals surface area contributed by atoms with Crippen LogP contribution in [0.25, 0.3) is 0 Å². The third-order valence-electron chi connectivity index (χ3n) is 3.10.